The second-order valence-electron chi connectivity index (χ2n) is 8.14. The molecule has 0 rings (SSSR count). The number of nitrogens with two attached hydrogens (primary N) is 5. The van der Waals surface area contributed by atoms with Crippen molar-refractivity contribution in [3.63, 3.8) is 0 Å². The highest BCUT2D eigenvalue weighted by molar-refractivity contribution is 5.94. The molecule has 4 unspecified atom stereocenters. The number of aliphatic hydroxyl groups is 1. The second kappa shape index (κ2) is 18.1. The van der Waals surface area contributed by atoms with E-state index in [2.05, 4.69) is 25.9 Å². The van der Waals surface area contributed by atoms with Gasteiger partial charge >= 0.3 is 11.9 Å². The summed E-state index contributed by atoms with van der Waals surface area (Å²) in [7, 11) is 0. The minimum atomic E-state index is -1.54. The van der Waals surface area contributed by atoms with Crippen molar-refractivity contribution in [1.82, 2.24) is 16.0 Å². The summed E-state index contributed by atoms with van der Waals surface area (Å²) in [6, 6.07) is -5.40. The van der Waals surface area contributed by atoms with E-state index in [4.69, 9.17) is 33.8 Å². The third kappa shape index (κ3) is 15.0. The fourth-order valence-electron chi connectivity index (χ4n) is 2.97. The minimum Gasteiger partial charge on any atom is -0.481 e. The molecule has 0 heterocycles. The summed E-state index contributed by atoms with van der Waals surface area (Å²) >= 11 is 0. The van der Waals surface area contributed by atoms with Crippen molar-refractivity contribution in [2.24, 2.45) is 38.7 Å². The molecule has 0 aromatic carbocycles. The molecule has 0 aliphatic heterocycles. The first-order chi connectivity index (χ1) is 17.8. The maximum Gasteiger partial charge on any atom is 0.326 e. The van der Waals surface area contributed by atoms with Crippen molar-refractivity contribution in [3.05, 3.63) is 0 Å². The number of hydrogen-bond donors (Lipinski definition) is 11. The molecule has 0 aliphatic rings. The Morgan fingerprint density at radius 1 is 0.684 bits per heavy atom. The fourth-order valence-corrected chi connectivity index (χ4v) is 2.97. The van der Waals surface area contributed by atoms with Crippen molar-refractivity contribution in [1.29, 1.82) is 0 Å². The van der Waals surface area contributed by atoms with Crippen LogP contribution in [0.5, 0.6) is 0 Å². The monoisotopic (exact) mass is 546 g/mol. The Balaban J connectivity index is 5.34. The van der Waals surface area contributed by atoms with E-state index in [1.807, 2.05) is 0 Å². The van der Waals surface area contributed by atoms with Gasteiger partial charge in [-0.05, 0) is 32.1 Å². The first-order valence-corrected chi connectivity index (χ1v) is 11.6. The number of carbonyl (C=O) groups excluding carboxylic acids is 3. The summed E-state index contributed by atoms with van der Waals surface area (Å²) in [4.78, 5) is 67.6. The van der Waals surface area contributed by atoms with Gasteiger partial charge in [-0.2, -0.15) is 0 Å². The summed E-state index contributed by atoms with van der Waals surface area (Å²) < 4.78 is 0. The third-order valence-electron chi connectivity index (χ3n) is 4.96. The normalized spacial score (nSPS) is 13.6. The predicted molar refractivity (Wildman–Crippen MR) is 135 cm³/mol. The van der Waals surface area contributed by atoms with Crippen molar-refractivity contribution in [2.45, 2.75) is 62.7 Å². The number of guanidine groups is 2. The fraction of sp³-hybridized carbons (Fsp3) is 0.650. The van der Waals surface area contributed by atoms with Crippen molar-refractivity contribution in [2.75, 3.05) is 19.7 Å². The zero-order valence-corrected chi connectivity index (χ0v) is 20.8. The van der Waals surface area contributed by atoms with Gasteiger partial charge in [-0.25, -0.2) is 4.79 Å². The van der Waals surface area contributed by atoms with Gasteiger partial charge in [0.25, 0.3) is 0 Å². The molecule has 3 amide bonds. The van der Waals surface area contributed by atoms with Gasteiger partial charge in [-0.3, -0.25) is 29.2 Å². The van der Waals surface area contributed by atoms with Gasteiger partial charge in [0.15, 0.2) is 11.9 Å². The van der Waals surface area contributed by atoms with E-state index < -0.39 is 73.3 Å². The molecule has 0 aromatic heterocycles. The van der Waals surface area contributed by atoms with E-state index in [0.717, 1.165) is 0 Å². The SMILES string of the molecule is NC(N)=NCCCC(N)C(=O)NC(CO)C(=O)NC(CCCN=C(N)N)C(=O)NC(CCC(=O)O)C(=O)O. The van der Waals surface area contributed by atoms with Crippen LogP contribution in [0.25, 0.3) is 0 Å². The largest absolute Gasteiger partial charge is 0.481 e. The molecule has 216 valence electrons. The number of amides is 3. The van der Waals surface area contributed by atoms with Crippen LogP contribution in [0.15, 0.2) is 9.98 Å². The van der Waals surface area contributed by atoms with Gasteiger partial charge in [0, 0.05) is 19.5 Å². The molecular weight excluding hydrogens is 508 g/mol. The smallest absolute Gasteiger partial charge is 0.326 e. The Kier molecular flexibility index (Phi) is 16.1. The highest BCUT2D eigenvalue weighted by Crippen LogP contribution is 2.04. The lowest BCUT2D eigenvalue weighted by Gasteiger charge is -2.24. The zero-order valence-electron chi connectivity index (χ0n) is 20.8. The van der Waals surface area contributed by atoms with Crippen LogP contribution in [0.4, 0.5) is 0 Å². The third-order valence-corrected chi connectivity index (χ3v) is 4.96. The molecule has 0 saturated carbocycles. The number of carboxylic acid groups (broad SMARTS) is 2. The first kappa shape index (κ1) is 33.8. The molecule has 16 N–H and O–H groups in total. The molecule has 0 spiro atoms. The Bertz CT molecular complexity index is 874. The lowest BCUT2D eigenvalue weighted by molar-refractivity contribution is -0.143. The lowest BCUT2D eigenvalue weighted by Crippen LogP contribution is -2.58. The highest BCUT2D eigenvalue weighted by Gasteiger charge is 2.30. The molecule has 38 heavy (non-hydrogen) atoms. The predicted octanol–water partition coefficient (Wildman–Crippen LogP) is -5.18. The zero-order chi connectivity index (χ0) is 29.3. The maximum atomic E-state index is 12.8. The van der Waals surface area contributed by atoms with Crippen LogP contribution < -0.4 is 44.6 Å². The molecular formula is C20H38N10O8. The second-order valence-corrected chi connectivity index (χ2v) is 8.14. The number of rotatable bonds is 19. The van der Waals surface area contributed by atoms with E-state index in [-0.39, 0.29) is 44.3 Å². The van der Waals surface area contributed by atoms with E-state index in [9.17, 15) is 34.2 Å². The van der Waals surface area contributed by atoms with Gasteiger partial charge in [-0.15, -0.1) is 0 Å². The summed E-state index contributed by atoms with van der Waals surface area (Å²) in [6.07, 6.45) is -0.265. The summed E-state index contributed by atoms with van der Waals surface area (Å²) in [6.45, 7) is -0.525. The van der Waals surface area contributed by atoms with Crippen LogP contribution in [0.1, 0.15) is 38.5 Å². The van der Waals surface area contributed by atoms with Gasteiger partial charge in [0.1, 0.15) is 18.1 Å². The Morgan fingerprint density at radius 2 is 1.16 bits per heavy atom. The molecule has 0 bridgehead atoms. The van der Waals surface area contributed by atoms with Gasteiger partial charge in [-0.1, -0.05) is 0 Å². The molecule has 0 fully saturated rings. The number of carboxylic acids is 2. The maximum absolute atomic E-state index is 12.8. The Hall–Kier alpha value is -4.19. The molecule has 18 heteroatoms. The summed E-state index contributed by atoms with van der Waals surface area (Å²) in [5.74, 6) is -5.69. The number of nitrogens with one attached hydrogen (secondary N) is 3. The van der Waals surface area contributed by atoms with E-state index in [1.54, 1.807) is 0 Å². The van der Waals surface area contributed by atoms with Crippen molar-refractivity contribution >= 4 is 41.6 Å². The van der Waals surface area contributed by atoms with Gasteiger partial charge in [0.05, 0.1) is 12.6 Å². The summed E-state index contributed by atoms with van der Waals surface area (Å²) in [5, 5.41) is 34.5. The topological polar surface area (TPSA) is 337 Å². The lowest BCUT2D eigenvalue weighted by atomic mass is 10.1. The number of nitrogens with zero attached hydrogens (tertiary/aromatic N) is 2. The quantitative estimate of drug-likeness (QED) is 0.0410. The van der Waals surface area contributed by atoms with Crippen LogP contribution in [0.2, 0.25) is 0 Å². The van der Waals surface area contributed by atoms with E-state index >= 15 is 0 Å². The van der Waals surface area contributed by atoms with Crippen LogP contribution >= 0.6 is 0 Å². The minimum absolute atomic E-state index is 0.0595. The van der Waals surface area contributed by atoms with E-state index in [1.165, 1.54) is 0 Å². The number of aliphatic hydroxyl groups excluding tert-OH is 1. The number of aliphatic imine (C=N–C) groups is 2. The average Bonchev–Trinajstić information content (AvgIpc) is 2.83. The number of aliphatic carboxylic acids is 2. The standard InChI is InChI=1S/C20H38N10O8/c21-10(3-1-7-26-19(22)23)15(34)30-13(9-31)17(36)28-11(4-2-8-27-20(24)25)16(35)29-12(18(37)38)5-6-14(32)33/h10-13,31H,1-9,21H2,(H,28,36)(H,29,35)(H,30,34)(H,32,33)(H,37,38)(H4,22,23,26)(H4,24,25,27). The highest BCUT2D eigenvalue weighted by atomic mass is 16.4. The van der Waals surface area contributed by atoms with Crippen molar-refractivity contribution < 1.29 is 39.3 Å². The molecule has 4 atom stereocenters. The first-order valence-electron chi connectivity index (χ1n) is 11.6. The molecule has 0 radical (unpaired) electrons. The number of hydrogen-bond acceptors (Lipinski definition) is 9. The van der Waals surface area contributed by atoms with Crippen LogP contribution in [-0.4, -0.2) is 101 Å². The van der Waals surface area contributed by atoms with Gasteiger partial charge in [0.2, 0.25) is 17.7 Å². The van der Waals surface area contributed by atoms with Crippen LogP contribution in [0, 0.1) is 0 Å². The van der Waals surface area contributed by atoms with Crippen molar-refractivity contribution in [3.8, 4) is 0 Å². The Morgan fingerprint density at radius 3 is 1.63 bits per heavy atom. The molecule has 0 aliphatic carbocycles. The molecule has 0 aromatic rings. The van der Waals surface area contributed by atoms with E-state index in [0.29, 0.717) is 6.42 Å². The number of carbonyl (C=O) groups is 5. The summed E-state index contributed by atoms with van der Waals surface area (Å²) in [5.41, 5.74) is 26.7. The van der Waals surface area contributed by atoms with Crippen LogP contribution in [-0.2, 0) is 24.0 Å². The Labute approximate surface area is 218 Å². The average molecular weight is 547 g/mol. The molecule has 0 saturated heterocycles. The molecule has 18 nitrogen and oxygen atoms in total. The van der Waals surface area contributed by atoms with Gasteiger partial charge < -0.3 is 59.9 Å². The van der Waals surface area contributed by atoms with Crippen LogP contribution in [0.3, 0.4) is 0 Å².